The molecule has 3 rings (SSSR count). The molecule has 0 heterocycles. The van der Waals surface area contributed by atoms with Crippen LogP contribution >= 0.6 is 15.9 Å². The van der Waals surface area contributed by atoms with Crippen LogP contribution in [0.15, 0.2) is 83.3 Å². The Labute approximate surface area is 239 Å². The minimum Gasteiger partial charge on any atom is -0.457 e. The van der Waals surface area contributed by atoms with E-state index in [0.717, 1.165) is 33.4 Å². The molecule has 3 aromatic carbocycles. The van der Waals surface area contributed by atoms with E-state index in [4.69, 9.17) is 4.74 Å². The van der Waals surface area contributed by atoms with Crippen molar-refractivity contribution in [1.82, 2.24) is 10.2 Å². The van der Waals surface area contributed by atoms with Crippen molar-refractivity contribution in [1.29, 1.82) is 0 Å². The number of rotatable bonds is 13. The van der Waals surface area contributed by atoms with Crippen molar-refractivity contribution in [2.24, 2.45) is 0 Å². The molecule has 0 saturated heterocycles. The monoisotopic (exact) mass is 615 g/mol. The fourth-order valence-corrected chi connectivity index (χ4v) is 4.94. The summed E-state index contributed by atoms with van der Waals surface area (Å²) in [6.45, 7) is 3.88. The van der Waals surface area contributed by atoms with Gasteiger partial charge in [0.2, 0.25) is 21.8 Å². The third kappa shape index (κ3) is 9.11. The number of amides is 2. The van der Waals surface area contributed by atoms with Crippen molar-refractivity contribution < 1.29 is 22.7 Å². The first-order valence-electron chi connectivity index (χ1n) is 12.7. The summed E-state index contributed by atoms with van der Waals surface area (Å²) in [6.07, 6.45) is 2.80. The van der Waals surface area contributed by atoms with E-state index in [1.165, 1.54) is 4.90 Å². The Hall–Kier alpha value is -3.37. The van der Waals surface area contributed by atoms with E-state index in [1.807, 2.05) is 61.5 Å². The summed E-state index contributed by atoms with van der Waals surface area (Å²) in [5.41, 5.74) is 1.13. The lowest BCUT2D eigenvalue weighted by Gasteiger charge is -2.31. The molecule has 0 saturated carbocycles. The fourth-order valence-electron chi connectivity index (χ4n) is 3.82. The summed E-state index contributed by atoms with van der Waals surface area (Å²) < 4.78 is 33.3. The number of unbranched alkanes of at least 4 members (excludes halogenated alkanes) is 1. The van der Waals surface area contributed by atoms with Crippen LogP contribution in [0.25, 0.3) is 0 Å². The van der Waals surface area contributed by atoms with Crippen molar-refractivity contribution in [3.8, 4) is 11.5 Å². The lowest BCUT2D eigenvalue weighted by molar-refractivity contribution is -0.139. The largest absolute Gasteiger partial charge is 0.457 e. The first kappa shape index (κ1) is 30.2. The molecular formula is C29H34BrN3O5S. The van der Waals surface area contributed by atoms with Crippen LogP contribution in [0.5, 0.6) is 11.5 Å². The molecule has 0 aliphatic carbocycles. The molecule has 10 heteroatoms. The van der Waals surface area contributed by atoms with Crippen molar-refractivity contribution >= 4 is 43.5 Å². The summed E-state index contributed by atoms with van der Waals surface area (Å²) in [7, 11) is -3.82. The molecule has 0 radical (unpaired) electrons. The second kappa shape index (κ2) is 14.1. The van der Waals surface area contributed by atoms with Crippen LogP contribution in [-0.2, 0) is 26.2 Å². The van der Waals surface area contributed by atoms with Gasteiger partial charge in [-0.15, -0.1) is 0 Å². The fraction of sp³-hybridized carbons (Fsp3) is 0.310. The average Bonchev–Trinajstić information content (AvgIpc) is 2.91. The SMILES string of the molecule is CCCCNC(=O)[C@H](C)N(Cc1ccc(Br)cc1)C(=O)CN(c1ccc(Oc2ccccc2)cc1)S(C)(=O)=O. The maximum atomic E-state index is 13.6. The molecule has 1 N–H and O–H groups in total. The highest BCUT2D eigenvalue weighted by molar-refractivity contribution is 9.10. The number of carbonyl (C=O) groups excluding carboxylic acids is 2. The van der Waals surface area contributed by atoms with Crippen molar-refractivity contribution in [2.45, 2.75) is 39.3 Å². The summed E-state index contributed by atoms with van der Waals surface area (Å²) in [5.74, 6) is 0.391. The second-order valence-corrected chi connectivity index (χ2v) is 12.0. The third-order valence-corrected chi connectivity index (χ3v) is 7.72. The van der Waals surface area contributed by atoms with Gasteiger partial charge in [0.15, 0.2) is 0 Å². The van der Waals surface area contributed by atoms with Crippen LogP contribution in [0, 0.1) is 0 Å². The predicted octanol–water partition coefficient (Wildman–Crippen LogP) is 5.34. The van der Waals surface area contributed by atoms with Gasteiger partial charge in [0.05, 0.1) is 11.9 Å². The highest BCUT2D eigenvalue weighted by atomic mass is 79.9. The Morgan fingerprint density at radius 2 is 1.56 bits per heavy atom. The molecule has 8 nitrogen and oxygen atoms in total. The summed E-state index contributed by atoms with van der Waals surface area (Å²) >= 11 is 3.40. The van der Waals surface area contributed by atoms with Crippen molar-refractivity contribution in [2.75, 3.05) is 23.7 Å². The molecule has 0 unspecified atom stereocenters. The number of sulfonamides is 1. The molecule has 208 valence electrons. The Balaban J connectivity index is 1.83. The number of benzene rings is 3. The number of nitrogens with one attached hydrogen (secondary N) is 1. The van der Waals surface area contributed by atoms with Gasteiger partial charge in [0.1, 0.15) is 24.1 Å². The highest BCUT2D eigenvalue weighted by Gasteiger charge is 2.30. The summed E-state index contributed by atoms with van der Waals surface area (Å²) in [6, 6.07) is 22.3. The van der Waals surface area contributed by atoms with E-state index in [-0.39, 0.29) is 12.5 Å². The van der Waals surface area contributed by atoms with E-state index < -0.39 is 28.5 Å². The van der Waals surface area contributed by atoms with Crippen LogP contribution in [0.2, 0.25) is 0 Å². The van der Waals surface area contributed by atoms with Gasteiger partial charge in [0.25, 0.3) is 0 Å². The first-order chi connectivity index (χ1) is 18.6. The molecule has 0 aromatic heterocycles. The lowest BCUT2D eigenvalue weighted by Crippen LogP contribution is -2.51. The van der Waals surface area contributed by atoms with E-state index in [9.17, 15) is 18.0 Å². The van der Waals surface area contributed by atoms with Crippen LogP contribution in [0.3, 0.4) is 0 Å². The Bertz CT molecular complexity index is 1330. The molecule has 0 fully saturated rings. The standard InChI is InChI=1S/C29H34BrN3O5S/c1-4-5-19-31-29(35)22(2)32(20-23-11-13-24(30)14-12-23)28(34)21-33(39(3,36)37)25-15-17-27(18-16-25)38-26-9-7-6-8-10-26/h6-18,22H,4-5,19-21H2,1-3H3,(H,31,35)/t22-/m0/s1. The van der Waals surface area contributed by atoms with Gasteiger partial charge in [-0.2, -0.15) is 0 Å². The Kier molecular flexibility index (Phi) is 10.9. The van der Waals surface area contributed by atoms with Crippen molar-refractivity contribution in [3.63, 3.8) is 0 Å². The average molecular weight is 617 g/mol. The number of halogens is 1. The third-order valence-electron chi connectivity index (χ3n) is 6.05. The number of ether oxygens (including phenoxy) is 1. The van der Waals surface area contributed by atoms with Gasteiger partial charge in [-0.1, -0.05) is 59.6 Å². The number of hydrogen-bond acceptors (Lipinski definition) is 5. The zero-order chi connectivity index (χ0) is 28.4. The first-order valence-corrected chi connectivity index (χ1v) is 15.3. The topological polar surface area (TPSA) is 96.0 Å². The number of hydrogen-bond donors (Lipinski definition) is 1. The van der Waals surface area contributed by atoms with Gasteiger partial charge in [0, 0.05) is 17.6 Å². The maximum absolute atomic E-state index is 13.6. The summed E-state index contributed by atoms with van der Waals surface area (Å²) in [5, 5.41) is 2.87. The normalized spacial score (nSPS) is 11.9. The van der Waals surface area contributed by atoms with E-state index >= 15 is 0 Å². The number of carbonyl (C=O) groups is 2. The Morgan fingerprint density at radius 1 is 0.949 bits per heavy atom. The number of anilines is 1. The molecule has 0 aliphatic heterocycles. The highest BCUT2D eigenvalue weighted by Crippen LogP contribution is 2.26. The quantitative estimate of drug-likeness (QED) is 0.262. The lowest BCUT2D eigenvalue weighted by atomic mass is 10.1. The predicted molar refractivity (Wildman–Crippen MR) is 157 cm³/mol. The van der Waals surface area contributed by atoms with Crippen LogP contribution in [0.4, 0.5) is 5.69 Å². The molecular weight excluding hydrogens is 582 g/mol. The van der Waals surface area contributed by atoms with Gasteiger partial charge in [-0.05, 0) is 67.4 Å². The smallest absolute Gasteiger partial charge is 0.244 e. The van der Waals surface area contributed by atoms with E-state index in [2.05, 4.69) is 21.2 Å². The Morgan fingerprint density at radius 3 is 2.15 bits per heavy atom. The molecule has 0 spiro atoms. The van der Waals surface area contributed by atoms with Gasteiger partial charge < -0.3 is 15.0 Å². The van der Waals surface area contributed by atoms with Crippen LogP contribution < -0.4 is 14.4 Å². The summed E-state index contributed by atoms with van der Waals surface area (Å²) in [4.78, 5) is 27.9. The minimum absolute atomic E-state index is 0.149. The maximum Gasteiger partial charge on any atom is 0.244 e. The number of para-hydroxylation sites is 1. The van der Waals surface area contributed by atoms with Gasteiger partial charge in [-0.3, -0.25) is 13.9 Å². The molecule has 2 amide bonds. The molecule has 0 bridgehead atoms. The molecule has 39 heavy (non-hydrogen) atoms. The second-order valence-electron chi connectivity index (χ2n) is 9.15. The minimum atomic E-state index is -3.82. The van der Waals surface area contributed by atoms with Crippen LogP contribution in [-0.4, -0.2) is 50.5 Å². The van der Waals surface area contributed by atoms with E-state index in [1.54, 1.807) is 31.2 Å². The molecule has 3 aromatic rings. The number of nitrogens with zero attached hydrogens (tertiary/aromatic N) is 2. The van der Waals surface area contributed by atoms with Gasteiger partial charge in [-0.25, -0.2) is 8.42 Å². The van der Waals surface area contributed by atoms with E-state index in [0.29, 0.717) is 23.7 Å². The van der Waals surface area contributed by atoms with Crippen molar-refractivity contribution in [3.05, 3.63) is 88.9 Å². The molecule has 0 aliphatic rings. The zero-order valence-electron chi connectivity index (χ0n) is 22.3. The van der Waals surface area contributed by atoms with Crippen LogP contribution in [0.1, 0.15) is 32.3 Å². The molecule has 1 atom stereocenters. The van der Waals surface area contributed by atoms with Gasteiger partial charge >= 0.3 is 0 Å². The zero-order valence-corrected chi connectivity index (χ0v) is 24.7.